The van der Waals surface area contributed by atoms with Crippen molar-refractivity contribution in [1.82, 2.24) is 20.2 Å². The van der Waals surface area contributed by atoms with Crippen LogP contribution in [0.4, 0.5) is 5.82 Å². The van der Waals surface area contributed by atoms with Crippen molar-refractivity contribution in [2.45, 2.75) is 32.2 Å². The minimum absolute atomic E-state index is 0.347. The summed E-state index contributed by atoms with van der Waals surface area (Å²) in [6.45, 7) is 1.94. The van der Waals surface area contributed by atoms with Gasteiger partial charge in [-0.05, 0) is 71.9 Å². The highest BCUT2D eigenvalue weighted by atomic mass is 79.9. The molecular weight excluding hydrogens is 386 g/mol. The predicted octanol–water partition coefficient (Wildman–Crippen LogP) is 4.04. The highest BCUT2D eigenvalue weighted by Gasteiger charge is 2.20. The van der Waals surface area contributed by atoms with Gasteiger partial charge in [-0.2, -0.15) is 0 Å². The maximum Gasteiger partial charge on any atom is 0.148 e. The van der Waals surface area contributed by atoms with Gasteiger partial charge in [0.25, 0.3) is 0 Å². The fraction of sp³-hybridized carbons (Fsp3) is 0.294. The number of nitrogens with zero attached hydrogens (tertiary/aromatic N) is 4. The van der Waals surface area contributed by atoms with E-state index in [-0.39, 0.29) is 0 Å². The molecule has 1 N–H and O–H groups in total. The molecule has 24 heavy (non-hydrogen) atoms. The van der Waals surface area contributed by atoms with Gasteiger partial charge in [-0.25, -0.2) is 9.97 Å². The predicted molar refractivity (Wildman–Crippen MR) is 99.2 cm³/mol. The second-order valence-electron chi connectivity index (χ2n) is 5.88. The molecule has 3 aromatic heterocycles. The largest absolute Gasteiger partial charge is 0.366 e. The Balaban J connectivity index is 1.45. The number of aryl methyl sites for hydroxylation is 2. The lowest BCUT2D eigenvalue weighted by Gasteiger charge is -2.24. The molecule has 1 aliphatic rings. The highest BCUT2D eigenvalue weighted by Crippen LogP contribution is 2.30. The summed E-state index contributed by atoms with van der Waals surface area (Å²) in [6, 6.07) is 8.43. The first-order valence-corrected chi connectivity index (χ1v) is 9.46. The monoisotopic (exact) mass is 401 g/mol. The molecule has 7 heteroatoms. The number of hydrogen-bond acceptors (Lipinski definition) is 6. The highest BCUT2D eigenvalue weighted by molar-refractivity contribution is 9.11. The molecule has 0 saturated carbocycles. The van der Waals surface area contributed by atoms with Gasteiger partial charge in [0.2, 0.25) is 0 Å². The van der Waals surface area contributed by atoms with Crippen molar-refractivity contribution < 1.29 is 0 Å². The van der Waals surface area contributed by atoms with Crippen LogP contribution in [0.2, 0.25) is 0 Å². The second-order valence-corrected chi connectivity index (χ2v) is 8.34. The lowest BCUT2D eigenvalue weighted by Crippen LogP contribution is -2.28. The molecule has 0 amide bonds. The third-order valence-electron chi connectivity index (χ3n) is 4.11. The lowest BCUT2D eigenvalue weighted by atomic mass is 9.93. The summed E-state index contributed by atoms with van der Waals surface area (Å²) in [5, 5.41) is 12.1. The number of rotatable bonds is 3. The van der Waals surface area contributed by atoms with Crippen LogP contribution in [0, 0.1) is 6.92 Å². The zero-order chi connectivity index (χ0) is 16.5. The summed E-state index contributed by atoms with van der Waals surface area (Å²) >= 11 is 5.13. The van der Waals surface area contributed by atoms with Gasteiger partial charge in [0.05, 0.1) is 8.66 Å². The van der Waals surface area contributed by atoms with Gasteiger partial charge in [0.1, 0.15) is 17.3 Å². The summed E-state index contributed by atoms with van der Waals surface area (Å²) in [4.78, 5) is 9.96. The van der Waals surface area contributed by atoms with Crippen LogP contribution >= 0.6 is 27.3 Å². The standard InChI is InChI=1S/C17H16BrN5S/c1-10-19-9-11-8-12(2-3-13(11)20-10)21-17-7-4-14(22-23-17)15-5-6-16(18)24-15/h4-7,9,12H,2-3,8H2,1H3,(H,21,23). The summed E-state index contributed by atoms with van der Waals surface area (Å²) in [6.07, 6.45) is 4.90. The van der Waals surface area contributed by atoms with E-state index in [0.29, 0.717) is 6.04 Å². The van der Waals surface area contributed by atoms with Gasteiger partial charge < -0.3 is 5.32 Å². The van der Waals surface area contributed by atoms with E-state index in [1.54, 1.807) is 11.3 Å². The number of hydrogen-bond donors (Lipinski definition) is 1. The van der Waals surface area contributed by atoms with E-state index in [2.05, 4.69) is 41.4 Å². The molecule has 5 nitrogen and oxygen atoms in total. The Hall–Kier alpha value is -1.86. The molecule has 0 aliphatic heterocycles. The van der Waals surface area contributed by atoms with Gasteiger partial charge in [-0.15, -0.1) is 21.5 Å². The third kappa shape index (κ3) is 3.32. The second kappa shape index (κ2) is 6.57. The maximum absolute atomic E-state index is 4.53. The molecule has 3 aromatic rings. The zero-order valence-corrected chi connectivity index (χ0v) is 15.6. The van der Waals surface area contributed by atoms with E-state index < -0.39 is 0 Å². The number of nitrogens with one attached hydrogen (secondary N) is 1. The average Bonchev–Trinajstić information content (AvgIpc) is 3.02. The van der Waals surface area contributed by atoms with Gasteiger partial charge in [0.15, 0.2) is 0 Å². The summed E-state index contributed by atoms with van der Waals surface area (Å²) < 4.78 is 1.10. The molecule has 122 valence electrons. The Morgan fingerprint density at radius 1 is 1.21 bits per heavy atom. The van der Waals surface area contributed by atoms with Crippen molar-refractivity contribution in [2.24, 2.45) is 0 Å². The van der Waals surface area contributed by atoms with E-state index in [1.165, 1.54) is 11.3 Å². The molecule has 0 bridgehead atoms. The number of anilines is 1. The molecule has 1 aliphatic carbocycles. The molecule has 0 saturated heterocycles. The minimum atomic E-state index is 0.347. The fourth-order valence-electron chi connectivity index (χ4n) is 2.93. The van der Waals surface area contributed by atoms with E-state index in [4.69, 9.17) is 0 Å². The number of aromatic nitrogens is 4. The minimum Gasteiger partial charge on any atom is -0.366 e. The van der Waals surface area contributed by atoms with Crippen LogP contribution in [0.5, 0.6) is 0 Å². The molecule has 0 fully saturated rings. The van der Waals surface area contributed by atoms with Crippen molar-refractivity contribution in [2.75, 3.05) is 5.32 Å². The molecule has 1 unspecified atom stereocenters. The van der Waals surface area contributed by atoms with E-state index in [0.717, 1.165) is 45.3 Å². The van der Waals surface area contributed by atoms with Crippen molar-refractivity contribution in [3.63, 3.8) is 0 Å². The molecule has 1 atom stereocenters. The van der Waals surface area contributed by atoms with Crippen LogP contribution in [-0.2, 0) is 12.8 Å². The lowest BCUT2D eigenvalue weighted by molar-refractivity contribution is 0.590. The van der Waals surface area contributed by atoms with Gasteiger partial charge in [-0.1, -0.05) is 0 Å². The van der Waals surface area contributed by atoms with Gasteiger partial charge in [0, 0.05) is 17.9 Å². The first-order valence-electron chi connectivity index (χ1n) is 7.85. The Bertz CT molecular complexity index is 862. The number of thiophene rings is 1. The van der Waals surface area contributed by atoms with Crippen LogP contribution in [0.15, 0.2) is 34.2 Å². The van der Waals surface area contributed by atoms with E-state index >= 15 is 0 Å². The maximum atomic E-state index is 4.53. The number of halogens is 1. The Morgan fingerprint density at radius 2 is 2.12 bits per heavy atom. The SMILES string of the molecule is Cc1ncc2c(n1)CCC(Nc1ccc(-c3ccc(Br)s3)nn1)C2. The van der Waals surface area contributed by atoms with Crippen molar-refractivity contribution in [3.05, 3.63) is 51.3 Å². The van der Waals surface area contributed by atoms with Crippen LogP contribution in [0.25, 0.3) is 10.6 Å². The summed E-state index contributed by atoms with van der Waals surface area (Å²) in [5.41, 5.74) is 3.32. The van der Waals surface area contributed by atoms with E-state index in [9.17, 15) is 0 Å². The molecular formula is C17H16BrN5S. The Labute approximate surface area is 152 Å². The normalized spacial score (nSPS) is 16.7. The first-order chi connectivity index (χ1) is 11.7. The Kier molecular flexibility index (Phi) is 4.28. The zero-order valence-electron chi connectivity index (χ0n) is 13.2. The summed E-state index contributed by atoms with van der Waals surface area (Å²) in [7, 11) is 0. The van der Waals surface area contributed by atoms with Crippen molar-refractivity contribution in [3.8, 4) is 10.6 Å². The quantitative estimate of drug-likeness (QED) is 0.717. The van der Waals surface area contributed by atoms with Crippen LogP contribution < -0.4 is 5.32 Å². The van der Waals surface area contributed by atoms with Crippen LogP contribution in [0.3, 0.4) is 0 Å². The summed E-state index contributed by atoms with van der Waals surface area (Å²) in [5.74, 6) is 1.66. The molecule has 4 rings (SSSR count). The Morgan fingerprint density at radius 3 is 2.88 bits per heavy atom. The topological polar surface area (TPSA) is 63.6 Å². The van der Waals surface area contributed by atoms with Crippen molar-refractivity contribution >= 4 is 33.1 Å². The number of fused-ring (bicyclic) bond motifs is 1. The third-order valence-corrected chi connectivity index (χ3v) is 5.76. The van der Waals surface area contributed by atoms with Crippen LogP contribution in [-0.4, -0.2) is 26.2 Å². The van der Waals surface area contributed by atoms with Crippen molar-refractivity contribution in [1.29, 1.82) is 0 Å². The molecule has 3 heterocycles. The fourth-order valence-corrected chi connectivity index (χ4v) is 4.28. The smallest absolute Gasteiger partial charge is 0.148 e. The first kappa shape index (κ1) is 15.7. The van der Waals surface area contributed by atoms with Crippen LogP contribution in [0.1, 0.15) is 23.5 Å². The molecule has 0 spiro atoms. The molecule has 0 radical (unpaired) electrons. The van der Waals surface area contributed by atoms with E-state index in [1.807, 2.05) is 37.4 Å². The van der Waals surface area contributed by atoms with Gasteiger partial charge in [-0.3, -0.25) is 0 Å². The molecule has 0 aromatic carbocycles. The van der Waals surface area contributed by atoms with Gasteiger partial charge >= 0.3 is 0 Å². The average molecular weight is 402 g/mol.